The fraction of sp³-hybridized carbons (Fsp3) is 0.765. The summed E-state index contributed by atoms with van der Waals surface area (Å²) in [7, 11) is 1.93. The molecule has 1 aliphatic heterocycles. The Hall–Kier alpha value is -1.60. The highest BCUT2D eigenvalue weighted by Gasteiger charge is 2.15. The first-order chi connectivity index (χ1) is 11.8. The van der Waals surface area contributed by atoms with Crippen molar-refractivity contribution in [3.63, 3.8) is 0 Å². The van der Waals surface area contributed by atoms with Gasteiger partial charge in [-0.25, -0.2) is 0 Å². The Morgan fingerprint density at radius 1 is 1.50 bits per heavy atom. The van der Waals surface area contributed by atoms with Gasteiger partial charge in [0.25, 0.3) is 0 Å². The van der Waals surface area contributed by atoms with E-state index in [1.165, 1.54) is 5.56 Å². The van der Waals surface area contributed by atoms with Gasteiger partial charge in [-0.05, 0) is 31.7 Å². The van der Waals surface area contributed by atoms with E-state index in [2.05, 4.69) is 27.6 Å². The second-order valence-electron chi connectivity index (χ2n) is 6.12. The molecule has 0 spiro atoms. The lowest BCUT2D eigenvalue weighted by Gasteiger charge is -2.11. The van der Waals surface area contributed by atoms with Crippen LogP contribution in [0.2, 0.25) is 0 Å². The fourth-order valence-corrected chi connectivity index (χ4v) is 2.59. The Morgan fingerprint density at radius 3 is 3.12 bits per heavy atom. The third kappa shape index (κ3) is 7.31. The summed E-state index contributed by atoms with van der Waals surface area (Å²) in [6, 6.07) is 0. The molecule has 1 unspecified atom stereocenters. The van der Waals surface area contributed by atoms with E-state index in [-0.39, 0.29) is 0 Å². The van der Waals surface area contributed by atoms with Gasteiger partial charge in [0.1, 0.15) is 0 Å². The van der Waals surface area contributed by atoms with Crippen LogP contribution in [0.15, 0.2) is 17.4 Å². The molecular weight excluding hydrogens is 306 g/mol. The van der Waals surface area contributed by atoms with Crippen molar-refractivity contribution in [2.45, 2.75) is 26.2 Å². The normalized spacial score (nSPS) is 18.1. The third-order valence-corrected chi connectivity index (χ3v) is 3.90. The second kappa shape index (κ2) is 11.0. The summed E-state index contributed by atoms with van der Waals surface area (Å²) in [4.78, 5) is 4.59. The lowest BCUT2D eigenvalue weighted by Crippen LogP contribution is -2.38. The van der Waals surface area contributed by atoms with Crippen molar-refractivity contribution in [1.29, 1.82) is 0 Å². The van der Waals surface area contributed by atoms with Gasteiger partial charge >= 0.3 is 0 Å². The average Bonchev–Trinajstić information content (AvgIpc) is 3.22. The smallest absolute Gasteiger partial charge is 0.191 e. The van der Waals surface area contributed by atoms with Crippen LogP contribution in [0.4, 0.5) is 0 Å². The summed E-state index contributed by atoms with van der Waals surface area (Å²) in [5, 5.41) is 10.8. The highest BCUT2D eigenvalue weighted by atomic mass is 16.5. The fourth-order valence-electron chi connectivity index (χ4n) is 2.59. The van der Waals surface area contributed by atoms with Gasteiger partial charge in [0.05, 0.1) is 19.4 Å². The van der Waals surface area contributed by atoms with Crippen molar-refractivity contribution in [2.75, 3.05) is 46.1 Å². The van der Waals surface area contributed by atoms with Crippen LogP contribution in [-0.2, 0) is 22.9 Å². The molecule has 0 saturated carbocycles. The van der Waals surface area contributed by atoms with Gasteiger partial charge in [-0.1, -0.05) is 0 Å². The molecule has 1 atom stereocenters. The number of aryl methyl sites for hydroxylation is 1. The van der Waals surface area contributed by atoms with Crippen LogP contribution >= 0.6 is 0 Å². The van der Waals surface area contributed by atoms with Gasteiger partial charge < -0.3 is 20.1 Å². The maximum Gasteiger partial charge on any atom is 0.191 e. The summed E-state index contributed by atoms with van der Waals surface area (Å²) in [5.74, 6) is 1.45. The van der Waals surface area contributed by atoms with E-state index in [4.69, 9.17) is 9.47 Å². The number of guanidine groups is 1. The Bertz CT molecular complexity index is 483. The van der Waals surface area contributed by atoms with E-state index in [1.807, 2.05) is 24.1 Å². The highest BCUT2D eigenvalue weighted by molar-refractivity contribution is 5.79. The Labute approximate surface area is 144 Å². The summed E-state index contributed by atoms with van der Waals surface area (Å²) >= 11 is 0. The number of ether oxygens (including phenoxy) is 2. The molecule has 1 aliphatic rings. The van der Waals surface area contributed by atoms with Crippen molar-refractivity contribution in [1.82, 2.24) is 20.4 Å². The number of nitrogens with zero attached hydrogens (tertiary/aromatic N) is 3. The number of hydrogen-bond acceptors (Lipinski definition) is 4. The van der Waals surface area contributed by atoms with E-state index in [0.717, 1.165) is 71.3 Å². The molecule has 2 heterocycles. The first-order valence-electron chi connectivity index (χ1n) is 8.93. The minimum atomic E-state index is 0.583. The maximum absolute atomic E-state index is 5.70. The molecule has 136 valence electrons. The monoisotopic (exact) mass is 337 g/mol. The second-order valence-corrected chi connectivity index (χ2v) is 6.12. The molecule has 7 heteroatoms. The van der Waals surface area contributed by atoms with E-state index in [1.54, 1.807) is 0 Å². The topological polar surface area (TPSA) is 72.7 Å². The van der Waals surface area contributed by atoms with Crippen molar-refractivity contribution in [2.24, 2.45) is 18.0 Å². The minimum absolute atomic E-state index is 0.583. The molecule has 0 bridgehead atoms. The third-order valence-electron chi connectivity index (χ3n) is 3.90. The number of rotatable bonds is 10. The van der Waals surface area contributed by atoms with Crippen LogP contribution in [-0.4, -0.2) is 61.8 Å². The zero-order valence-electron chi connectivity index (χ0n) is 15.0. The molecule has 1 aromatic rings. The summed E-state index contributed by atoms with van der Waals surface area (Å²) in [6.07, 6.45) is 6.94. The summed E-state index contributed by atoms with van der Waals surface area (Å²) in [6.45, 7) is 7.85. The standard InChI is InChI=1S/C17H31N5O2/c1-3-18-17(20-8-5-15-11-21-22(2)12-15)19-7-4-9-23-13-16-6-10-24-14-16/h11-12,16H,3-10,13-14H2,1-2H3,(H2,18,19,20). The molecule has 1 aromatic heterocycles. The Morgan fingerprint density at radius 2 is 2.42 bits per heavy atom. The Kier molecular flexibility index (Phi) is 8.62. The van der Waals surface area contributed by atoms with Gasteiger partial charge in [0.2, 0.25) is 0 Å². The van der Waals surface area contributed by atoms with Crippen LogP contribution in [0.3, 0.4) is 0 Å². The minimum Gasteiger partial charge on any atom is -0.381 e. The SMILES string of the molecule is CCNC(=NCCCOCC1CCOC1)NCCc1cnn(C)c1. The van der Waals surface area contributed by atoms with Crippen LogP contribution in [0.25, 0.3) is 0 Å². The van der Waals surface area contributed by atoms with Crippen LogP contribution < -0.4 is 10.6 Å². The van der Waals surface area contributed by atoms with E-state index < -0.39 is 0 Å². The van der Waals surface area contributed by atoms with Crippen molar-refractivity contribution >= 4 is 5.96 Å². The van der Waals surface area contributed by atoms with Gasteiger partial charge in [-0.2, -0.15) is 5.10 Å². The van der Waals surface area contributed by atoms with Gasteiger partial charge in [-0.3, -0.25) is 9.67 Å². The molecule has 7 nitrogen and oxygen atoms in total. The zero-order valence-corrected chi connectivity index (χ0v) is 15.0. The van der Waals surface area contributed by atoms with Gasteiger partial charge in [0, 0.05) is 52.0 Å². The van der Waals surface area contributed by atoms with Crippen LogP contribution in [0, 0.1) is 5.92 Å². The molecule has 0 radical (unpaired) electrons. The van der Waals surface area contributed by atoms with E-state index in [9.17, 15) is 0 Å². The summed E-state index contributed by atoms with van der Waals surface area (Å²) in [5.41, 5.74) is 1.23. The van der Waals surface area contributed by atoms with E-state index >= 15 is 0 Å². The molecule has 0 aliphatic carbocycles. The maximum atomic E-state index is 5.70. The Balaban J connectivity index is 1.57. The molecule has 1 fully saturated rings. The lowest BCUT2D eigenvalue weighted by molar-refractivity contribution is 0.0893. The number of aromatic nitrogens is 2. The number of nitrogens with one attached hydrogen (secondary N) is 2. The number of hydrogen-bond donors (Lipinski definition) is 2. The molecule has 24 heavy (non-hydrogen) atoms. The number of aliphatic imine (C=N–C) groups is 1. The molecular formula is C17H31N5O2. The molecule has 0 aromatic carbocycles. The quantitative estimate of drug-likeness (QED) is 0.378. The van der Waals surface area contributed by atoms with Gasteiger partial charge in [-0.15, -0.1) is 0 Å². The van der Waals surface area contributed by atoms with Crippen LogP contribution in [0.5, 0.6) is 0 Å². The van der Waals surface area contributed by atoms with Crippen molar-refractivity contribution in [3.05, 3.63) is 18.0 Å². The van der Waals surface area contributed by atoms with Gasteiger partial charge in [0.15, 0.2) is 5.96 Å². The average molecular weight is 337 g/mol. The van der Waals surface area contributed by atoms with Crippen LogP contribution in [0.1, 0.15) is 25.3 Å². The van der Waals surface area contributed by atoms with Crippen molar-refractivity contribution < 1.29 is 9.47 Å². The molecule has 2 rings (SSSR count). The lowest BCUT2D eigenvalue weighted by atomic mass is 10.1. The van der Waals surface area contributed by atoms with Crippen molar-refractivity contribution in [3.8, 4) is 0 Å². The predicted octanol–water partition coefficient (Wildman–Crippen LogP) is 0.961. The zero-order chi connectivity index (χ0) is 17.0. The largest absolute Gasteiger partial charge is 0.381 e. The molecule has 1 saturated heterocycles. The van der Waals surface area contributed by atoms with E-state index in [0.29, 0.717) is 5.92 Å². The molecule has 0 amide bonds. The first kappa shape index (κ1) is 18.7. The highest BCUT2D eigenvalue weighted by Crippen LogP contribution is 2.12. The predicted molar refractivity (Wildman–Crippen MR) is 95.3 cm³/mol. The molecule has 2 N–H and O–H groups in total. The summed E-state index contributed by atoms with van der Waals surface area (Å²) < 4.78 is 12.9. The first-order valence-corrected chi connectivity index (χ1v) is 8.93.